The third-order valence-corrected chi connectivity index (χ3v) is 12.4. The van der Waals surface area contributed by atoms with E-state index in [4.69, 9.17) is 8.37 Å². The zero-order chi connectivity index (χ0) is 43.1. The van der Waals surface area contributed by atoms with Crippen molar-refractivity contribution in [2.24, 2.45) is 10.2 Å². The Morgan fingerprint density at radius 2 is 1.44 bits per heavy atom. The van der Waals surface area contributed by atoms with E-state index in [-0.39, 0.29) is 34.3 Å². The Labute approximate surface area is 343 Å². The molecule has 0 atom stereocenters. The van der Waals surface area contributed by atoms with Crippen LogP contribution in [0.3, 0.4) is 0 Å². The molecule has 316 valence electrons. The molecular weight excluding hydrogens is 853 g/mol. The molecule has 20 nitrogen and oxygen atoms in total. The highest BCUT2D eigenvalue weighted by Gasteiger charge is 2.27. The van der Waals surface area contributed by atoms with Crippen molar-refractivity contribution in [3.8, 4) is 5.75 Å². The van der Waals surface area contributed by atoms with Gasteiger partial charge >= 0.3 is 11.5 Å². The predicted octanol–water partition coefficient (Wildman–Crippen LogP) is 6.42. The molecule has 5 rings (SSSR count). The predicted molar refractivity (Wildman–Crippen MR) is 221 cm³/mol. The maximum absolute atomic E-state index is 12.6. The maximum atomic E-state index is 12.6. The molecular formula is C35H41N8O12S4+. The number of unbranched alkanes of at least 4 members (excludes halogenated alkanes) is 1. The van der Waals surface area contributed by atoms with Gasteiger partial charge in [-0.3, -0.25) is 13.7 Å². The number of rotatable bonds is 19. The van der Waals surface area contributed by atoms with Gasteiger partial charge in [-0.2, -0.15) is 40.2 Å². The molecule has 0 aliphatic carbocycles. The highest BCUT2D eigenvalue weighted by atomic mass is 32.2. The van der Waals surface area contributed by atoms with Crippen molar-refractivity contribution in [2.75, 3.05) is 48.1 Å². The number of fused-ring (bicyclic) bond motifs is 1. The van der Waals surface area contributed by atoms with E-state index in [2.05, 4.69) is 35.8 Å². The van der Waals surface area contributed by atoms with Crippen molar-refractivity contribution in [1.29, 1.82) is 0 Å². The maximum Gasteiger partial charge on any atom is 0.314 e. The van der Waals surface area contributed by atoms with E-state index in [1.807, 2.05) is 19.9 Å². The van der Waals surface area contributed by atoms with Crippen molar-refractivity contribution in [3.63, 3.8) is 0 Å². The summed E-state index contributed by atoms with van der Waals surface area (Å²) in [6.45, 7) is 6.74. The Balaban J connectivity index is 1.64. The smallest absolute Gasteiger partial charge is 0.314 e. The summed E-state index contributed by atoms with van der Waals surface area (Å²) in [7, 11) is -13.4. The summed E-state index contributed by atoms with van der Waals surface area (Å²) >= 11 is -0.638. The molecule has 0 radical (unpaired) electrons. The summed E-state index contributed by atoms with van der Waals surface area (Å²) < 4.78 is 116. The number of aromatic hydroxyl groups is 1. The van der Waals surface area contributed by atoms with Crippen LogP contribution >= 0.6 is 0 Å². The molecule has 0 aliphatic rings. The summed E-state index contributed by atoms with van der Waals surface area (Å²) in [5.41, 5.74) is -0.558. The Bertz CT molecular complexity index is 2680. The lowest BCUT2D eigenvalue weighted by atomic mass is 10.1. The average Bonchev–Trinajstić information content (AvgIpc) is 3.16. The number of phenolic OH excluding ortho intramolecular Hbond substituents is 1. The van der Waals surface area contributed by atoms with Gasteiger partial charge in [0.1, 0.15) is 34.4 Å². The number of hydrogen-bond donors (Lipinski definition) is 6. The zero-order valence-electron chi connectivity index (χ0n) is 32.0. The molecule has 4 aromatic carbocycles. The van der Waals surface area contributed by atoms with E-state index in [1.165, 1.54) is 13.0 Å². The lowest BCUT2D eigenvalue weighted by Gasteiger charge is -2.19. The average molecular weight is 894 g/mol. The van der Waals surface area contributed by atoms with E-state index >= 15 is 0 Å². The molecule has 0 unspecified atom stereocenters. The molecule has 1 heterocycles. The zero-order valence-corrected chi connectivity index (χ0v) is 35.2. The van der Waals surface area contributed by atoms with Crippen LogP contribution < -0.4 is 15.5 Å². The van der Waals surface area contributed by atoms with Gasteiger partial charge in [0.25, 0.3) is 30.4 Å². The van der Waals surface area contributed by atoms with Crippen molar-refractivity contribution in [2.45, 2.75) is 48.3 Å². The first kappa shape index (κ1) is 45.0. The van der Waals surface area contributed by atoms with Crippen LogP contribution in [0.1, 0.15) is 32.3 Å². The lowest BCUT2D eigenvalue weighted by molar-refractivity contribution is 0.285. The summed E-state index contributed by atoms with van der Waals surface area (Å²) in [6.07, 6.45) is 1.40. The highest BCUT2D eigenvalue weighted by molar-refractivity contribution is 7.87. The molecule has 1 aromatic heterocycles. The van der Waals surface area contributed by atoms with Gasteiger partial charge in [0.15, 0.2) is 11.5 Å². The number of benzene rings is 4. The van der Waals surface area contributed by atoms with Gasteiger partial charge in [0, 0.05) is 31.1 Å². The number of nitrogens with zero attached hydrogens (tertiary/aromatic N) is 6. The quantitative estimate of drug-likeness (QED) is 0.0225. The standard InChI is InChI=1S/C35H40N8O12S4/c1-5-54-56(55-6-2)17-11-10-16-36-33-38-34(40-35(39-33)43(4)24-12-8-7-9-13-24)37-27-21-25(57(45,46)47)19-23-20-29(59(51,52)53)31(32(44)30(23)27)42-41-26-15-14-22(3)18-28(26)58(48,49)50/h7-9,12-15,18-21H,5-6,10-11,16-17H2,1-4H3,(H5-,36,37,38,39,40,41,44,45,46,47,48,49,50,51,52,53)/p+1. The summed E-state index contributed by atoms with van der Waals surface area (Å²) in [5, 5.41) is 24.5. The molecule has 0 aliphatic heterocycles. The molecule has 59 heavy (non-hydrogen) atoms. The summed E-state index contributed by atoms with van der Waals surface area (Å²) in [6, 6.07) is 15.2. The van der Waals surface area contributed by atoms with E-state index in [0.29, 0.717) is 43.2 Å². The number of hydrogen-bond acceptors (Lipinski definition) is 17. The minimum absolute atomic E-state index is 0.0873. The Kier molecular flexibility index (Phi) is 14.4. The third kappa shape index (κ3) is 11.6. The molecule has 24 heteroatoms. The van der Waals surface area contributed by atoms with Crippen molar-refractivity contribution in [3.05, 3.63) is 72.3 Å². The molecule has 0 saturated heterocycles. The Morgan fingerprint density at radius 1 is 0.780 bits per heavy atom. The van der Waals surface area contributed by atoms with Gasteiger partial charge in [-0.1, -0.05) is 24.3 Å². The van der Waals surface area contributed by atoms with Crippen molar-refractivity contribution >= 4 is 93.2 Å². The lowest BCUT2D eigenvalue weighted by Crippen LogP contribution is -2.18. The van der Waals surface area contributed by atoms with E-state index < -0.39 is 73.6 Å². The van der Waals surface area contributed by atoms with Gasteiger partial charge in [-0.15, -0.1) is 18.6 Å². The minimum atomic E-state index is -5.26. The van der Waals surface area contributed by atoms with Gasteiger partial charge < -0.3 is 20.6 Å². The Morgan fingerprint density at radius 3 is 2.07 bits per heavy atom. The fourth-order valence-electron chi connectivity index (χ4n) is 5.51. The molecule has 0 fully saturated rings. The first-order valence-electron chi connectivity index (χ1n) is 17.6. The monoisotopic (exact) mass is 893 g/mol. The number of azo groups is 1. The SMILES string of the molecule is CCO[S+](CCCCNc1nc(Nc2cc(S(=O)(=O)O)cc3cc(S(=O)(=O)O)c(N=Nc4ccc(C)cc4S(=O)(=O)O)c(O)c23)nc(N(C)c2ccccc2)n1)OCC. The Hall–Kier alpha value is -5.05. The van der Waals surface area contributed by atoms with Gasteiger partial charge in [-0.05, 0) is 80.6 Å². The van der Waals surface area contributed by atoms with Gasteiger partial charge in [0.2, 0.25) is 17.8 Å². The molecule has 6 N–H and O–H groups in total. The van der Waals surface area contributed by atoms with Gasteiger partial charge in [0.05, 0.1) is 10.6 Å². The van der Waals surface area contributed by atoms with Crippen LogP contribution in [0.25, 0.3) is 10.8 Å². The van der Waals surface area contributed by atoms with E-state index in [1.54, 1.807) is 36.2 Å². The van der Waals surface area contributed by atoms with Crippen molar-refractivity contribution in [1.82, 2.24) is 15.0 Å². The second-order valence-electron chi connectivity index (χ2n) is 12.5. The number of anilines is 5. The minimum Gasteiger partial charge on any atom is -0.505 e. The molecule has 0 amide bonds. The van der Waals surface area contributed by atoms with Crippen LogP contribution in [0.15, 0.2) is 91.6 Å². The van der Waals surface area contributed by atoms with E-state index in [9.17, 15) is 44.0 Å². The number of aryl methyl sites for hydroxylation is 1. The molecule has 0 bridgehead atoms. The largest absolute Gasteiger partial charge is 0.505 e. The van der Waals surface area contributed by atoms with Crippen LogP contribution in [-0.2, 0) is 50.2 Å². The van der Waals surface area contributed by atoms with Crippen LogP contribution in [0.2, 0.25) is 0 Å². The van der Waals surface area contributed by atoms with Crippen LogP contribution in [0.5, 0.6) is 5.75 Å². The van der Waals surface area contributed by atoms with Crippen LogP contribution in [-0.4, -0.2) is 91.5 Å². The van der Waals surface area contributed by atoms with Crippen LogP contribution in [0.4, 0.5) is 40.6 Å². The van der Waals surface area contributed by atoms with Crippen molar-refractivity contribution < 1.29 is 52.4 Å². The fourth-order valence-corrected chi connectivity index (χ4v) is 8.69. The first-order valence-corrected chi connectivity index (χ1v) is 23.2. The molecule has 0 spiro atoms. The molecule has 0 saturated carbocycles. The summed E-state index contributed by atoms with van der Waals surface area (Å²) in [4.78, 5) is 12.6. The number of para-hydroxylation sites is 1. The highest BCUT2D eigenvalue weighted by Crippen LogP contribution is 2.46. The second kappa shape index (κ2) is 18.9. The summed E-state index contributed by atoms with van der Waals surface area (Å²) in [5.74, 6) is -0.327. The molecule has 5 aromatic rings. The first-order chi connectivity index (χ1) is 27.8. The van der Waals surface area contributed by atoms with Gasteiger partial charge in [-0.25, -0.2) is 0 Å². The number of phenols is 1. The third-order valence-electron chi connectivity index (χ3n) is 8.18. The number of aromatic nitrogens is 3. The topological polar surface area (TPSA) is 292 Å². The van der Waals surface area contributed by atoms with Crippen LogP contribution in [0, 0.1) is 6.92 Å². The second-order valence-corrected chi connectivity index (χ2v) is 18.2. The normalized spacial score (nSPS) is 12.4. The fraction of sp³-hybridized carbons (Fsp3) is 0.286. The van der Waals surface area contributed by atoms with E-state index in [0.717, 1.165) is 36.8 Å². The number of nitrogens with one attached hydrogen (secondary N) is 2.